The first-order valence-corrected chi connectivity index (χ1v) is 8.11. The van der Waals surface area contributed by atoms with Gasteiger partial charge in [0, 0.05) is 0 Å². The lowest BCUT2D eigenvalue weighted by atomic mass is 10.2. The van der Waals surface area contributed by atoms with Crippen LogP contribution in [0.15, 0.2) is 17.0 Å². The number of carbonyl (C=O) groups is 1. The van der Waals surface area contributed by atoms with E-state index in [9.17, 15) is 13.2 Å². The van der Waals surface area contributed by atoms with Crippen LogP contribution in [0, 0.1) is 0 Å². The molecule has 0 bridgehead atoms. The molecule has 7 nitrogen and oxygen atoms in total. The number of hydrogen-bond donors (Lipinski definition) is 2. The van der Waals surface area contributed by atoms with E-state index in [0.29, 0.717) is 13.2 Å². The lowest BCUT2D eigenvalue weighted by Crippen LogP contribution is -2.39. The van der Waals surface area contributed by atoms with Gasteiger partial charge in [0.2, 0.25) is 10.0 Å². The molecule has 1 aliphatic heterocycles. The van der Waals surface area contributed by atoms with Crippen molar-refractivity contribution in [3.8, 4) is 0 Å². The molecule has 116 valence electrons. The molecule has 0 aliphatic carbocycles. The van der Waals surface area contributed by atoms with E-state index >= 15 is 0 Å². The van der Waals surface area contributed by atoms with Gasteiger partial charge in [-0.05, 0) is 12.1 Å². The minimum absolute atomic E-state index is 0.0448. The van der Waals surface area contributed by atoms with Crippen LogP contribution in [0.3, 0.4) is 0 Å². The molecule has 0 saturated carbocycles. The molecule has 2 rings (SSSR count). The Morgan fingerprint density at radius 1 is 1.29 bits per heavy atom. The predicted octanol–water partition coefficient (Wildman–Crippen LogP) is 0.995. The van der Waals surface area contributed by atoms with Gasteiger partial charge in [0.05, 0.1) is 40.4 Å². The van der Waals surface area contributed by atoms with Gasteiger partial charge in [0.15, 0.2) is 6.10 Å². The van der Waals surface area contributed by atoms with Crippen molar-refractivity contribution >= 4 is 44.8 Å². The number of rotatable bonds is 3. The summed E-state index contributed by atoms with van der Waals surface area (Å²) in [5.74, 6) is -0.484. The lowest BCUT2D eigenvalue weighted by Gasteiger charge is -2.22. The number of benzene rings is 1. The molecule has 1 heterocycles. The lowest BCUT2D eigenvalue weighted by molar-refractivity contribution is -0.142. The first-order chi connectivity index (χ1) is 9.79. The largest absolute Gasteiger partial charge is 0.376 e. The van der Waals surface area contributed by atoms with Gasteiger partial charge in [-0.25, -0.2) is 13.6 Å². The molecule has 1 aliphatic rings. The Labute approximate surface area is 131 Å². The van der Waals surface area contributed by atoms with E-state index in [4.69, 9.17) is 37.8 Å². The molecule has 0 spiro atoms. The number of amides is 1. The highest BCUT2D eigenvalue weighted by Crippen LogP contribution is 2.33. The van der Waals surface area contributed by atoms with Gasteiger partial charge >= 0.3 is 0 Å². The predicted molar refractivity (Wildman–Crippen MR) is 77.0 cm³/mol. The highest BCUT2D eigenvalue weighted by atomic mass is 35.5. The summed E-state index contributed by atoms with van der Waals surface area (Å²) in [5, 5.41) is 7.39. The van der Waals surface area contributed by atoms with Crippen LogP contribution < -0.4 is 10.5 Å². The van der Waals surface area contributed by atoms with E-state index in [1.165, 1.54) is 0 Å². The summed E-state index contributed by atoms with van der Waals surface area (Å²) in [6, 6.07) is 2.22. The van der Waals surface area contributed by atoms with Crippen molar-refractivity contribution in [3.05, 3.63) is 22.2 Å². The molecule has 3 N–H and O–H groups in total. The van der Waals surface area contributed by atoms with Crippen LogP contribution in [-0.2, 0) is 24.3 Å². The van der Waals surface area contributed by atoms with Crippen molar-refractivity contribution in [2.75, 3.05) is 25.1 Å². The van der Waals surface area contributed by atoms with Crippen LogP contribution in [0.5, 0.6) is 0 Å². The fraction of sp³-hybridized carbons (Fsp3) is 0.364. The highest BCUT2D eigenvalue weighted by molar-refractivity contribution is 7.89. The number of nitrogens with one attached hydrogen (secondary N) is 1. The molecule has 0 radical (unpaired) electrons. The average molecular weight is 355 g/mol. The molecule has 1 fully saturated rings. The molecule has 1 aromatic rings. The smallest absolute Gasteiger partial charge is 0.255 e. The summed E-state index contributed by atoms with van der Waals surface area (Å²) >= 11 is 11.9. The van der Waals surface area contributed by atoms with E-state index in [1.807, 2.05) is 0 Å². The number of halogens is 2. The second-order valence-corrected chi connectivity index (χ2v) is 6.61. The molecule has 1 amide bonds. The van der Waals surface area contributed by atoms with Gasteiger partial charge in [-0.1, -0.05) is 23.2 Å². The van der Waals surface area contributed by atoms with E-state index in [0.717, 1.165) is 12.1 Å². The van der Waals surface area contributed by atoms with Gasteiger partial charge in [-0.3, -0.25) is 4.79 Å². The SMILES string of the molecule is NS(=O)(=O)c1cc(Cl)c(NC(=O)C2COCCO2)c(Cl)c1. The minimum Gasteiger partial charge on any atom is -0.376 e. The summed E-state index contributed by atoms with van der Waals surface area (Å²) in [6.45, 7) is 0.856. The van der Waals surface area contributed by atoms with Crippen LogP contribution in [0.4, 0.5) is 5.69 Å². The number of carbonyl (C=O) groups excluding carboxylic acids is 1. The highest BCUT2D eigenvalue weighted by Gasteiger charge is 2.24. The molecular weight excluding hydrogens is 343 g/mol. The second-order valence-electron chi connectivity index (χ2n) is 4.23. The third kappa shape index (κ3) is 4.06. The zero-order chi connectivity index (χ0) is 15.6. The third-order valence-corrected chi connectivity index (χ3v) is 4.19. The van der Waals surface area contributed by atoms with E-state index in [-0.39, 0.29) is 27.2 Å². The van der Waals surface area contributed by atoms with Gasteiger partial charge in [0.1, 0.15) is 0 Å². The normalized spacial score (nSPS) is 19.3. The van der Waals surface area contributed by atoms with E-state index in [2.05, 4.69) is 5.32 Å². The van der Waals surface area contributed by atoms with Crippen molar-refractivity contribution in [1.82, 2.24) is 0 Å². The van der Waals surface area contributed by atoms with Crippen LogP contribution in [0.1, 0.15) is 0 Å². The van der Waals surface area contributed by atoms with Gasteiger partial charge in [-0.2, -0.15) is 0 Å². The quantitative estimate of drug-likeness (QED) is 0.841. The molecule has 1 aromatic carbocycles. The molecule has 1 atom stereocenters. The zero-order valence-corrected chi connectivity index (χ0v) is 13.0. The number of hydrogen-bond acceptors (Lipinski definition) is 5. The molecule has 21 heavy (non-hydrogen) atoms. The first kappa shape index (κ1) is 16.5. The fourth-order valence-electron chi connectivity index (χ4n) is 1.68. The van der Waals surface area contributed by atoms with Crippen molar-refractivity contribution < 1.29 is 22.7 Å². The molecule has 1 saturated heterocycles. The molecular formula is C11H12Cl2N2O5S. The minimum atomic E-state index is -3.94. The Morgan fingerprint density at radius 2 is 1.90 bits per heavy atom. The zero-order valence-electron chi connectivity index (χ0n) is 10.6. The van der Waals surface area contributed by atoms with Gasteiger partial charge in [-0.15, -0.1) is 0 Å². The number of nitrogens with two attached hydrogens (primary N) is 1. The summed E-state index contributed by atoms with van der Waals surface area (Å²) in [6.07, 6.45) is -0.774. The first-order valence-electron chi connectivity index (χ1n) is 5.81. The third-order valence-electron chi connectivity index (χ3n) is 2.70. The fourth-order valence-corrected chi connectivity index (χ4v) is 2.95. The Balaban J connectivity index is 2.22. The summed E-state index contributed by atoms with van der Waals surface area (Å²) in [4.78, 5) is 11.7. The Kier molecular flexibility index (Phi) is 5.07. The Bertz CT molecular complexity index is 636. The number of ether oxygens (including phenoxy) is 2. The van der Waals surface area contributed by atoms with Crippen molar-refractivity contribution in [1.29, 1.82) is 0 Å². The number of sulfonamides is 1. The topological polar surface area (TPSA) is 108 Å². The Hall–Kier alpha value is -0.900. The van der Waals surface area contributed by atoms with Gasteiger partial charge < -0.3 is 14.8 Å². The molecule has 10 heteroatoms. The van der Waals surface area contributed by atoms with Crippen LogP contribution >= 0.6 is 23.2 Å². The van der Waals surface area contributed by atoms with Crippen molar-refractivity contribution in [2.45, 2.75) is 11.0 Å². The van der Waals surface area contributed by atoms with Gasteiger partial charge in [0.25, 0.3) is 5.91 Å². The summed E-state index contributed by atoms with van der Waals surface area (Å²) in [5.41, 5.74) is 0.0879. The summed E-state index contributed by atoms with van der Waals surface area (Å²) in [7, 11) is -3.94. The standard InChI is InChI=1S/C11H12Cl2N2O5S/c12-7-3-6(21(14,17)18)4-8(13)10(7)15-11(16)9-5-19-1-2-20-9/h3-4,9H,1-2,5H2,(H,15,16)(H2,14,17,18). The molecule has 1 unspecified atom stereocenters. The van der Waals surface area contributed by atoms with Crippen molar-refractivity contribution in [2.24, 2.45) is 5.14 Å². The number of primary sulfonamides is 1. The monoisotopic (exact) mass is 354 g/mol. The van der Waals surface area contributed by atoms with Crippen LogP contribution in [-0.4, -0.2) is 40.2 Å². The van der Waals surface area contributed by atoms with Crippen molar-refractivity contribution in [3.63, 3.8) is 0 Å². The maximum atomic E-state index is 12.0. The van der Waals surface area contributed by atoms with E-state index in [1.54, 1.807) is 0 Å². The number of anilines is 1. The van der Waals surface area contributed by atoms with Crippen LogP contribution in [0.2, 0.25) is 10.0 Å². The second kappa shape index (κ2) is 6.47. The Morgan fingerprint density at radius 3 is 2.38 bits per heavy atom. The maximum Gasteiger partial charge on any atom is 0.255 e. The average Bonchev–Trinajstić information content (AvgIpc) is 2.42. The van der Waals surface area contributed by atoms with Crippen LogP contribution in [0.25, 0.3) is 0 Å². The molecule has 0 aromatic heterocycles. The summed E-state index contributed by atoms with van der Waals surface area (Å²) < 4.78 is 32.9. The van der Waals surface area contributed by atoms with E-state index < -0.39 is 22.0 Å². The maximum absolute atomic E-state index is 12.0.